The summed E-state index contributed by atoms with van der Waals surface area (Å²) in [6.45, 7) is 3.71. The molecule has 146 valence electrons. The van der Waals surface area contributed by atoms with E-state index in [0.29, 0.717) is 23.1 Å². The van der Waals surface area contributed by atoms with Crippen molar-refractivity contribution in [3.8, 4) is 0 Å². The number of nitrogens with one attached hydrogen (secondary N) is 1. The fourth-order valence-corrected chi connectivity index (χ4v) is 3.21. The second kappa shape index (κ2) is 9.50. The summed E-state index contributed by atoms with van der Waals surface area (Å²) in [5.74, 6) is -1.27. The molecule has 0 bridgehead atoms. The number of nitrogens with zero attached hydrogens (tertiary/aromatic N) is 3. The molecule has 2 atom stereocenters. The van der Waals surface area contributed by atoms with Crippen LogP contribution in [0.15, 0.2) is 29.1 Å². The van der Waals surface area contributed by atoms with Gasteiger partial charge in [-0.25, -0.2) is 0 Å². The van der Waals surface area contributed by atoms with E-state index in [2.05, 4.69) is 15.6 Å². The molecule has 27 heavy (non-hydrogen) atoms. The first-order valence-electron chi connectivity index (χ1n) is 8.69. The van der Waals surface area contributed by atoms with Crippen LogP contribution in [0.4, 0.5) is 0 Å². The zero-order valence-electron chi connectivity index (χ0n) is 15.5. The van der Waals surface area contributed by atoms with Crippen LogP contribution in [0.1, 0.15) is 32.7 Å². The second-order valence-electron chi connectivity index (χ2n) is 6.66. The number of fused-ring (bicyclic) bond motifs is 1. The van der Waals surface area contributed by atoms with Crippen LogP contribution in [0.5, 0.6) is 0 Å². The summed E-state index contributed by atoms with van der Waals surface area (Å²) in [5.41, 5.74) is 0.00547. The maximum Gasteiger partial charge on any atom is 0.278 e. The van der Waals surface area contributed by atoms with Crippen LogP contribution >= 0.6 is 11.8 Å². The molecule has 0 radical (unpaired) electrons. The largest absolute Gasteiger partial charge is 0.548 e. The minimum absolute atomic E-state index is 0.0565. The Kier molecular flexibility index (Phi) is 7.35. The standard InChI is InChI=1S/C18H24N4O4S/c1-11(2)10-14(18(25)26)19-16(23)15(8-9-27-3)22-17(24)12-6-4-5-7-13(12)20-21-22/h4-7,11,14-15H,8-10H2,1-3H3,(H,19,23)(H,25,26)/p-1/t14-,15-/m0/s1. The Hall–Kier alpha value is -2.42. The van der Waals surface area contributed by atoms with Crippen molar-refractivity contribution in [2.75, 3.05) is 12.0 Å². The van der Waals surface area contributed by atoms with Gasteiger partial charge >= 0.3 is 0 Å². The van der Waals surface area contributed by atoms with Gasteiger partial charge in [0.15, 0.2) is 0 Å². The van der Waals surface area contributed by atoms with Gasteiger partial charge < -0.3 is 15.2 Å². The minimum Gasteiger partial charge on any atom is -0.548 e. The topological polar surface area (TPSA) is 117 Å². The van der Waals surface area contributed by atoms with Crippen LogP contribution in [0.3, 0.4) is 0 Å². The number of thioether (sulfide) groups is 1. The zero-order valence-corrected chi connectivity index (χ0v) is 16.4. The molecule has 1 N–H and O–H groups in total. The summed E-state index contributed by atoms with van der Waals surface area (Å²) in [6.07, 6.45) is 2.44. The van der Waals surface area contributed by atoms with Gasteiger partial charge in [0.05, 0.1) is 17.4 Å². The molecule has 0 spiro atoms. The van der Waals surface area contributed by atoms with Crippen molar-refractivity contribution in [3.63, 3.8) is 0 Å². The maximum absolute atomic E-state index is 12.8. The Morgan fingerprint density at radius 3 is 2.63 bits per heavy atom. The predicted octanol–water partition coefficient (Wildman–Crippen LogP) is 0.367. The molecule has 8 nitrogen and oxygen atoms in total. The third-order valence-electron chi connectivity index (χ3n) is 4.09. The van der Waals surface area contributed by atoms with Crippen molar-refractivity contribution in [2.24, 2.45) is 5.92 Å². The summed E-state index contributed by atoms with van der Waals surface area (Å²) in [5, 5.41) is 22.1. The third-order valence-corrected chi connectivity index (χ3v) is 4.74. The summed E-state index contributed by atoms with van der Waals surface area (Å²) in [4.78, 5) is 36.9. The van der Waals surface area contributed by atoms with Gasteiger partial charge in [0, 0.05) is 0 Å². The van der Waals surface area contributed by atoms with E-state index in [1.165, 1.54) is 11.8 Å². The van der Waals surface area contributed by atoms with Gasteiger partial charge in [0.2, 0.25) is 5.91 Å². The van der Waals surface area contributed by atoms with E-state index in [9.17, 15) is 19.5 Å². The van der Waals surface area contributed by atoms with E-state index < -0.39 is 29.5 Å². The lowest BCUT2D eigenvalue weighted by Crippen LogP contribution is -2.51. The molecule has 2 rings (SSSR count). The molecule has 1 heterocycles. The molecule has 0 saturated heterocycles. The molecular weight excluding hydrogens is 368 g/mol. The molecule has 1 amide bonds. The number of rotatable bonds is 9. The lowest BCUT2D eigenvalue weighted by atomic mass is 10.0. The van der Waals surface area contributed by atoms with Crippen molar-refractivity contribution in [2.45, 2.75) is 38.8 Å². The number of hydrogen-bond donors (Lipinski definition) is 1. The van der Waals surface area contributed by atoms with Crippen LogP contribution in [-0.4, -0.2) is 44.9 Å². The van der Waals surface area contributed by atoms with Gasteiger partial charge in [0.1, 0.15) is 11.6 Å². The smallest absolute Gasteiger partial charge is 0.278 e. The SMILES string of the molecule is CSCC[C@@H](C(=O)N[C@@H](CC(C)C)C(=O)[O-])n1nnc2ccccc2c1=O. The summed E-state index contributed by atoms with van der Waals surface area (Å²) in [6, 6.07) is 4.67. The van der Waals surface area contributed by atoms with Gasteiger partial charge in [-0.3, -0.25) is 9.59 Å². The fraction of sp³-hybridized carbons (Fsp3) is 0.500. The number of aromatic nitrogens is 3. The normalized spacial score (nSPS) is 13.5. The van der Waals surface area contributed by atoms with E-state index in [4.69, 9.17) is 0 Å². The van der Waals surface area contributed by atoms with Crippen molar-refractivity contribution in [1.29, 1.82) is 0 Å². The fourth-order valence-electron chi connectivity index (χ4n) is 2.75. The van der Waals surface area contributed by atoms with Crippen molar-refractivity contribution in [1.82, 2.24) is 20.3 Å². The molecule has 9 heteroatoms. The van der Waals surface area contributed by atoms with Gasteiger partial charge in [-0.1, -0.05) is 31.2 Å². The Balaban J connectivity index is 2.37. The molecule has 1 aromatic heterocycles. The average Bonchev–Trinajstić information content (AvgIpc) is 2.62. The van der Waals surface area contributed by atoms with E-state index in [1.807, 2.05) is 20.1 Å². The number of carbonyl (C=O) groups excluding carboxylic acids is 2. The summed E-state index contributed by atoms with van der Waals surface area (Å²) in [7, 11) is 0. The Morgan fingerprint density at radius 2 is 2.00 bits per heavy atom. The van der Waals surface area contributed by atoms with E-state index in [0.717, 1.165) is 4.68 Å². The molecule has 0 fully saturated rings. The lowest BCUT2D eigenvalue weighted by molar-refractivity contribution is -0.308. The first kappa shape index (κ1) is 20.9. The molecule has 0 aliphatic rings. The summed E-state index contributed by atoms with van der Waals surface area (Å²) >= 11 is 1.52. The molecule has 2 aromatic rings. The quantitative estimate of drug-likeness (QED) is 0.656. The molecule has 1 aromatic carbocycles. The average molecular weight is 391 g/mol. The zero-order chi connectivity index (χ0) is 20.0. The molecular formula is C18H23N4O4S-. The number of amides is 1. The number of carboxylic acids is 1. The number of benzene rings is 1. The van der Waals surface area contributed by atoms with Crippen molar-refractivity contribution >= 4 is 34.5 Å². The van der Waals surface area contributed by atoms with E-state index in [1.54, 1.807) is 24.3 Å². The Labute approximate surface area is 161 Å². The number of aliphatic carboxylic acids is 1. The lowest BCUT2D eigenvalue weighted by Gasteiger charge is -2.25. The first-order chi connectivity index (χ1) is 12.8. The number of carbonyl (C=O) groups is 2. The van der Waals surface area contributed by atoms with E-state index in [-0.39, 0.29) is 12.3 Å². The molecule has 0 aliphatic heterocycles. The van der Waals surface area contributed by atoms with Gasteiger partial charge in [-0.15, -0.1) is 5.10 Å². The van der Waals surface area contributed by atoms with Crippen molar-refractivity contribution in [3.05, 3.63) is 34.6 Å². The highest BCUT2D eigenvalue weighted by Crippen LogP contribution is 2.15. The van der Waals surface area contributed by atoms with Crippen LogP contribution in [-0.2, 0) is 9.59 Å². The van der Waals surface area contributed by atoms with Crippen LogP contribution in [0.25, 0.3) is 10.9 Å². The van der Waals surface area contributed by atoms with Gasteiger partial charge in [-0.2, -0.15) is 16.4 Å². The van der Waals surface area contributed by atoms with Crippen LogP contribution in [0, 0.1) is 5.92 Å². The molecule has 0 saturated carbocycles. The van der Waals surface area contributed by atoms with Crippen LogP contribution < -0.4 is 16.0 Å². The molecule has 0 unspecified atom stereocenters. The monoisotopic (exact) mass is 391 g/mol. The maximum atomic E-state index is 12.8. The number of hydrogen-bond acceptors (Lipinski definition) is 7. The highest BCUT2D eigenvalue weighted by molar-refractivity contribution is 7.98. The third kappa shape index (κ3) is 5.29. The minimum atomic E-state index is -1.35. The highest BCUT2D eigenvalue weighted by Gasteiger charge is 2.26. The predicted molar refractivity (Wildman–Crippen MR) is 102 cm³/mol. The summed E-state index contributed by atoms with van der Waals surface area (Å²) < 4.78 is 1.04. The Bertz CT molecular complexity index is 868. The van der Waals surface area contributed by atoms with E-state index >= 15 is 0 Å². The van der Waals surface area contributed by atoms with Gasteiger partial charge in [0.25, 0.3) is 5.56 Å². The Morgan fingerprint density at radius 1 is 1.30 bits per heavy atom. The first-order valence-corrected chi connectivity index (χ1v) is 10.1. The second-order valence-corrected chi connectivity index (χ2v) is 7.65. The van der Waals surface area contributed by atoms with Gasteiger partial charge in [-0.05, 0) is 42.9 Å². The number of carboxylic acid groups (broad SMARTS) is 1. The molecule has 0 aliphatic carbocycles. The highest BCUT2D eigenvalue weighted by atomic mass is 32.2. The van der Waals surface area contributed by atoms with Crippen molar-refractivity contribution < 1.29 is 14.7 Å². The van der Waals surface area contributed by atoms with Crippen LogP contribution in [0.2, 0.25) is 0 Å².